The van der Waals surface area contributed by atoms with E-state index >= 15 is 0 Å². The molecule has 3 heteroatoms. The fourth-order valence-electron chi connectivity index (χ4n) is 2.67. The van der Waals surface area contributed by atoms with E-state index < -0.39 is 0 Å². The second-order valence-electron chi connectivity index (χ2n) is 5.27. The number of rotatable bonds is 3. The highest BCUT2D eigenvalue weighted by molar-refractivity contribution is 9.10. The smallest absolute Gasteiger partial charge is 0.224 e. The Bertz CT molecular complexity index is 404. The molecule has 2 nitrogen and oxygen atoms in total. The lowest BCUT2D eigenvalue weighted by Gasteiger charge is -2.20. The van der Waals surface area contributed by atoms with Crippen LogP contribution in [-0.2, 0) is 4.79 Å². The standard InChI is InChI=1S/C15H20BrNO/c1-11-7-13(16)10-14(8-11)17-15(18)9-12-5-3-2-4-6-12/h7-8,10,12H,2-6,9H2,1H3,(H,17,18). The highest BCUT2D eigenvalue weighted by atomic mass is 79.9. The summed E-state index contributed by atoms with van der Waals surface area (Å²) in [7, 11) is 0. The molecule has 1 aromatic rings. The van der Waals surface area contributed by atoms with Crippen molar-refractivity contribution in [3.63, 3.8) is 0 Å². The zero-order valence-electron chi connectivity index (χ0n) is 10.8. The Morgan fingerprint density at radius 3 is 2.67 bits per heavy atom. The number of amides is 1. The maximum atomic E-state index is 12.0. The quantitative estimate of drug-likeness (QED) is 0.864. The molecule has 1 fully saturated rings. The van der Waals surface area contributed by atoms with Crippen LogP contribution >= 0.6 is 15.9 Å². The Balaban J connectivity index is 1.89. The van der Waals surface area contributed by atoms with Gasteiger partial charge in [-0.1, -0.05) is 35.2 Å². The Labute approximate surface area is 117 Å². The van der Waals surface area contributed by atoms with Crippen molar-refractivity contribution in [2.75, 3.05) is 5.32 Å². The molecular weight excluding hydrogens is 290 g/mol. The van der Waals surface area contributed by atoms with Crippen molar-refractivity contribution in [2.24, 2.45) is 5.92 Å². The van der Waals surface area contributed by atoms with Gasteiger partial charge in [-0.15, -0.1) is 0 Å². The molecule has 1 saturated carbocycles. The maximum Gasteiger partial charge on any atom is 0.224 e. The summed E-state index contributed by atoms with van der Waals surface area (Å²) < 4.78 is 1.01. The minimum Gasteiger partial charge on any atom is -0.326 e. The number of carbonyl (C=O) groups excluding carboxylic acids is 1. The third kappa shape index (κ3) is 4.13. The van der Waals surface area contributed by atoms with Crippen LogP contribution in [0.2, 0.25) is 0 Å². The molecule has 0 aromatic heterocycles. The van der Waals surface area contributed by atoms with E-state index in [4.69, 9.17) is 0 Å². The highest BCUT2D eigenvalue weighted by Crippen LogP contribution is 2.27. The van der Waals surface area contributed by atoms with Crippen molar-refractivity contribution in [1.82, 2.24) is 0 Å². The lowest BCUT2D eigenvalue weighted by atomic mass is 9.87. The zero-order valence-corrected chi connectivity index (χ0v) is 12.4. The van der Waals surface area contributed by atoms with Crippen molar-refractivity contribution in [3.05, 3.63) is 28.2 Å². The minimum atomic E-state index is 0.152. The van der Waals surface area contributed by atoms with E-state index in [0.717, 1.165) is 15.7 Å². The summed E-state index contributed by atoms with van der Waals surface area (Å²) in [6.07, 6.45) is 7.01. The fraction of sp³-hybridized carbons (Fsp3) is 0.533. The summed E-state index contributed by atoms with van der Waals surface area (Å²) in [5.74, 6) is 0.742. The molecule has 0 spiro atoms. The van der Waals surface area contributed by atoms with Gasteiger partial charge in [0.25, 0.3) is 0 Å². The zero-order chi connectivity index (χ0) is 13.0. The molecule has 0 unspecified atom stereocenters. The Morgan fingerprint density at radius 2 is 2.00 bits per heavy atom. The Hall–Kier alpha value is -0.830. The summed E-state index contributed by atoms with van der Waals surface area (Å²) in [5, 5.41) is 3.00. The molecule has 0 heterocycles. The number of carbonyl (C=O) groups is 1. The van der Waals surface area contributed by atoms with E-state index in [1.54, 1.807) is 0 Å². The summed E-state index contributed by atoms with van der Waals surface area (Å²) in [6.45, 7) is 2.03. The molecule has 1 amide bonds. The number of benzene rings is 1. The normalized spacial score (nSPS) is 16.6. The van der Waals surface area contributed by atoms with Gasteiger partial charge in [-0.3, -0.25) is 4.79 Å². The van der Waals surface area contributed by atoms with E-state index in [1.165, 1.54) is 32.1 Å². The second-order valence-corrected chi connectivity index (χ2v) is 6.19. The molecule has 2 rings (SSSR count). The van der Waals surface area contributed by atoms with Crippen LogP contribution in [0.1, 0.15) is 44.1 Å². The molecule has 0 saturated heterocycles. The molecule has 1 N–H and O–H groups in total. The van der Waals surface area contributed by atoms with Gasteiger partial charge in [-0.2, -0.15) is 0 Å². The van der Waals surface area contributed by atoms with E-state index in [9.17, 15) is 4.79 Å². The molecule has 0 aliphatic heterocycles. The predicted molar refractivity (Wildman–Crippen MR) is 78.7 cm³/mol. The summed E-state index contributed by atoms with van der Waals surface area (Å²) in [4.78, 5) is 12.0. The Kier molecular flexibility index (Phi) is 4.81. The van der Waals surface area contributed by atoms with Crippen molar-refractivity contribution in [3.8, 4) is 0 Å². The van der Waals surface area contributed by atoms with Gasteiger partial charge in [0.05, 0.1) is 0 Å². The van der Waals surface area contributed by atoms with Crippen LogP contribution in [0.4, 0.5) is 5.69 Å². The lowest BCUT2D eigenvalue weighted by molar-refractivity contribution is -0.117. The third-order valence-corrected chi connectivity index (χ3v) is 3.98. The average Bonchev–Trinajstić information content (AvgIpc) is 2.28. The molecule has 98 valence electrons. The topological polar surface area (TPSA) is 29.1 Å². The molecular formula is C15H20BrNO. The number of aryl methyl sites for hydroxylation is 1. The van der Waals surface area contributed by atoms with Gasteiger partial charge in [0.1, 0.15) is 0 Å². The summed E-state index contributed by atoms with van der Waals surface area (Å²) in [6, 6.07) is 5.99. The monoisotopic (exact) mass is 309 g/mol. The van der Waals surface area contributed by atoms with Gasteiger partial charge in [-0.05, 0) is 49.4 Å². The number of hydrogen-bond donors (Lipinski definition) is 1. The van der Waals surface area contributed by atoms with Gasteiger partial charge in [-0.25, -0.2) is 0 Å². The van der Waals surface area contributed by atoms with E-state index in [2.05, 4.69) is 21.2 Å². The Morgan fingerprint density at radius 1 is 1.28 bits per heavy atom. The largest absolute Gasteiger partial charge is 0.326 e. The first-order valence-electron chi connectivity index (χ1n) is 6.70. The number of hydrogen-bond acceptors (Lipinski definition) is 1. The molecule has 1 aliphatic carbocycles. The van der Waals surface area contributed by atoms with Gasteiger partial charge in [0, 0.05) is 16.6 Å². The fourth-order valence-corrected chi connectivity index (χ4v) is 3.28. The van der Waals surface area contributed by atoms with Crippen molar-refractivity contribution in [1.29, 1.82) is 0 Å². The minimum absolute atomic E-state index is 0.152. The van der Waals surface area contributed by atoms with Crippen LogP contribution in [-0.4, -0.2) is 5.91 Å². The van der Waals surface area contributed by atoms with Gasteiger partial charge < -0.3 is 5.32 Å². The lowest BCUT2D eigenvalue weighted by Crippen LogP contribution is -2.18. The first kappa shape index (κ1) is 13.6. The predicted octanol–water partition coefficient (Wildman–Crippen LogP) is 4.67. The first-order chi connectivity index (χ1) is 8.63. The van der Waals surface area contributed by atoms with Crippen LogP contribution in [0.25, 0.3) is 0 Å². The first-order valence-corrected chi connectivity index (χ1v) is 7.50. The van der Waals surface area contributed by atoms with Crippen LogP contribution in [0, 0.1) is 12.8 Å². The van der Waals surface area contributed by atoms with Gasteiger partial charge in [0.2, 0.25) is 5.91 Å². The molecule has 18 heavy (non-hydrogen) atoms. The highest BCUT2D eigenvalue weighted by Gasteiger charge is 2.17. The molecule has 1 aromatic carbocycles. The average molecular weight is 310 g/mol. The third-order valence-electron chi connectivity index (χ3n) is 3.52. The van der Waals surface area contributed by atoms with Crippen LogP contribution in [0.5, 0.6) is 0 Å². The van der Waals surface area contributed by atoms with E-state index in [1.807, 2.05) is 25.1 Å². The van der Waals surface area contributed by atoms with Gasteiger partial charge in [0.15, 0.2) is 0 Å². The van der Waals surface area contributed by atoms with Crippen LogP contribution in [0.3, 0.4) is 0 Å². The van der Waals surface area contributed by atoms with Crippen molar-refractivity contribution in [2.45, 2.75) is 45.4 Å². The van der Waals surface area contributed by atoms with E-state index in [-0.39, 0.29) is 5.91 Å². The molecule has 0 radical (unpaired) electrons. The second kappa shape index (κ2) is 6.37. The number of anilines is 1. The van der Waals surface area contributed by atoms with Crippen LogP contribution in [0.15, 0.2) is 22.7 Å². The van der Waals surface area contributed by atoms with Gasteiger partial charge >= 0.3 is 0 Å². The molecule has 1 aliphatic rings. The number of nitrogens with one attached hydrogen (secondary N) is 1. The SMILES string of the molecule is Cc1cc(Br)cc(NC(=O)CC2CCCCC2)c1. The van der Waals surface area contributed by atoms with Crippen molar-refractivity contribution >= 4 is 27.5 Å². The van der Waals surface area contributed by atoms with E-state index in [0.29, 0.717) is 12.3 Å². The molecule has 0 atom stereocenters. The van der Waals surface area contributed by atoms with Crippen LogP contribution < -0.4 is 5.32 Å². The molecule has 0 bridgehead atoms. The maximum absolute atomic E-state index is 12.0. The van der Waals surface area contributed by atoms with Crippen molar-refractivity contribution < 1.29 is 4.79 Å². The summed E-state index contributed by atoms with van der Waals surface area (Å²) in [5.41, 5.74) is 2.04. The summed E-state index contributed by atoms with van der Waals surface area (Å²) >= 11 is 3.45. The number of halogens is 1.